The molecule has 3 atom stereocenters. The van der Waals surface area contributed by atoms with Crippen molar-refractivity contribution in [2.45, 2.75) is 82.7 Å². The summed E-state index contributed by atoms with van der Waals surface area (Å²) in [6, 6.07) is 18.0. The maximum absolute atomic E-state index is 13.9. The number of amides is 1. The zero-order valence-corrected chi connectivity index (χ0v) is 22.6. The summed E-state index contributed by atoms with van der Waals surface area (Å²) in [4.78, 5) is 21.6. The number of benzene rings is 2. The molecule has 6 rings (SSSR count). The predicted octanol–water partition coefficient (Wildman–Crippen LogP) is 5.46. The summed E-state index contributed by atoms with van der Waals surface area (Å²) >= 11 is 0. The predicted molar refractivity (Wildman–Crippen MR) is 148 cm³/mol. The molecule has 1 amide bonds. The fourth-order valence-electron chi connectivity index (χ4n) is 7.33. The first-order valence-electron chi connectivity index (χ1n) is 14.3. The van der Waals surface area contributed by atoms with Gasteiger partial charge in [0.25, 0.3) is 0 Å². The lowest BCUT2D eigenvalue weighted by molar-refractivity contribution is 0.0982. The quantitative estimate of drug-likeness (QED) is 0.404. The first kappa shape index (κ1) is 26.0. The number of hydrogen-bond donors (Lipinski definition) is 2. The Morgan fingerprint density at radius 2 is 1.87 bits per heavy atom. The number of carbonyl (C=O) groups is 1. The third-order valence-electron chi connectivity index (χ3n) is 9.01. The molecule has 0 spiro atoms. The maximum atomic E-state index is 13.9. The lowest BCUT2D eigenvalue weighted by atomic mass is 9.95. The van der Waals surface area contributed by atoms with E-state index < -0.39 is 12.1 Å². The minimum absolute atomic E-state index is 0.341. The van der Waals surface area contributed by atoms with Crippen LogP contribution in [0.4, 0.5) is 9.18 Å². The van der Waals surface area contributed by atoms with Crippen molar-refractivity contribution >= 4 is 6.09 Å². The van der Waals surface area contributed by atoms with Crippen molar-refractivity contribution in [1.82, 2.24) is 24.7 Å². The summed E-state index contributed by atoms with van der Waals surface area (Å²) in [5, 5.41) is 12.0. The minimum Gasteiger partial charge on any atom is -0.465 e. The fourth-order valence-corrected chi connectivity index (χ4v) is 7.33. The van der Waals surface area contributed by atoms with Crippen LogP contribution < -0.4 is 5.32 Å². The molecule has 206 valence electrons. The molecule has 3 aliphatic rings. The summed E-state index contributed by atoms with van der Waals surface area (Å²) in [7, 11) is 0. The minimum atomic E-state index is -1.08. The van der Waals surface area contributed by atoms with Crippen LogP contribution in [0.3, 0.4) is 0 Å². The molecular weight excluding hydrogens is 493 g/mol. The highest BCUT2D eigenvalue weighted by Gasteiger charge is 2.42. The average molecular weight is 532 g/mol. The van der Waals surface area contributed by atoms with Gasteiger partial charge < -0.3 is 15.0 Å². The van der Waals surface area contributed by atoms with Crippen LogP contribution in [-0.4, -0.2) is 55.7 Å². The second-order valence-electron chi connectivity index (χ2n) is 11.5. The van der Waals surface area contributed by atoms with E-state index in [0.29, 0.717) is 30.1 Å². The van der Waals surface area contributed by atoms with Gasteiger partial charge in [-0.3, -0.25) is 9.80 Å². The molecule has 2 fully saturated rings. The summed E-state index contributed by atoms with van der Waals surface area (Å²) in [5.41, 5.74) is 4.69. The van der Waals surface area contributed by atoms with Gasteiger partial charge in [0, 0.05) is 50.7 Å². The van der Waals surface area contributed by atoms with Crippen LogP contribution in [-0.2, 0) is 19.5 Å². The van der Waals surface area contributed by atoms with Crippen LogP contribution in [0.5, 0.6) is 0 Å². The van der Waals surface area contributed by atoms with Gasteiger partial charge in [-0.15, -0.1) is 0 Å². The van der Waals surface area contributed by atoms with Crippen molar-refractivity contribution in [2.75, 3.05) is 13.1 Å². The summed E-state index contributed by atoms with van der Waals surface area (Å²) in [6.07, 6.45) is 5.09. The Bertz CT molecular complexity index is 1300. The molecule has 0 aliphatic carbocycles. The maximum Gasteiger partial charge on any atom is 0.405 e. The second-order valence-corrected chi connectivity index (χ2v) is 11.5. The van der Waals surface area contributed by atoms with E-state index in [-0.39, 0.29) is 5.82 Å². The Balaban J connectivity index is 1.14. The number of hydrogen-bond acceptors (Lipinski definition) is 4. The number of piperidine rings is 1. The van der Waals surface area contributed by atoms with Crippen LogP contribution in [0.15, 0.2) is 54.6 Å². The van der Waals surface area contributed by atoms with Crippen molar-refractivity contribution in [3.8, 4) is 0 Å². The molecule has 2 saturated heterocycles. The van der Waals surface area contributed by atoms with Crippen molar-refractivity contribution in [3.05, 3.63) is 88.8 Å². The van der Waals surface area contributed by atoms with E-state index in [9.17, 15) is 14.3 Å². The monoisotopic (exact) mass is 531 g/mol. The van der Waals surface area contributed by atoms with Gasteiger partial charge >= 0.3 is 6.09 Å². The van der Waals surface area contributed by atoms with Crippen LogP contribution in [0.2, 0.25) is 0 Å². The molecule has 3 aliphatic heterocycles. The van der Waals surface area contributed by atoms with Crippen LogP contribution >= 0.6 is 0 Å². The van der Waals surface area contributed by atoms with Crippen LogP contribution in [0.1, 0.15) is 72.5 Å². The summed E-state index contributed by atoms with van der Waals surface area (Å²) in [5.74, 6) is 0.795. The average Bonchev–Trinajstić information content (AvgIpc) is 3.37. The molecule has 3 aromatic rings. The molecule has 0 radical (unpaired) electrons. The molecule has 2 bridgehead atoms. The molecule has 2 aromatic carbocycles. The number of fused-ring (bicyclic) bond motifs is 3. The molecule has 7 nitrogen and oxygen atoms in total. The Morgan fingerprint density at radius 3 is 2.59 bits per heavy atom. The highest BCUT2D eigenvalue weighted by Crippen LogP contribution is 2.43. The number of aromatic nitrogens is 2. The Kier molecular flexibility index (Phi) is 7.40. The van der Waals surface area contributed by atoms with E-state index in [0.717, 1.165) is 51.3 Å². The largest absolute Gasteiger partial charge is 0.465 e. The zero-order chi connectivity index (χ0) is 26.9. The number of nitrogens with one attached hydrogen (secondary N) is 1. The highest BCUT2D eigenvalue weighted by molar-refractivity contribution is 5.65. The van der Waals surface area contributed by atoms with E-state index in [1.54, 1.807) is 12.1 Å². The molecule has 0 saturated carbocycles. The van der Waals surface area contributed by atoms with Crippen molar-refractivity contribution in [1.29, 1.82) is 0 Å². The molecule has 2 unspecified atom stereocenters. The fraction of sp³-hybridized carbons (Fsp3) is 0.484. The topological polar surface area (TPSA) is 73.6 Å². The van der Waals surface area contributed by atoms with E-state index in [1.807, 2.05) is 0 Å². The van der Waals surface area contributed by atoms with Gasteiger partial charge in [-0.25, -0.2) is 14.2 Å². The van der Waals surface area contributed by atoms with Gasteiger partial charge in [0.1, 0.15) is 11.6 Å². The Labute approximate surface area is 229 Å². The van der Waals surface area contributed by atoms with Crippen molar-refractivity contribution in [2.24, 2.45) is 0 Å². The van der Waals surface area contributed by atoms with Gasteiger partial charge in [0.2, 0.25) is 0 Å². The van der Waals surface area contributed by atoms with Gasteiger partial charge in [-0.1, -0.05) is 42.5 Å². The van der Waals surface area contributed by atoms with Gasteiger partial charge in [-0.2, -0.15) is 0 Å². The van der Waals surface area contributed by atoms with E-state index in [2.05, 4.69) is 56.9 Å². The Morgan fingerprint density at radius 1 is 1.10 bits per heavy atom. The van der Waals surface area contributed by atoms with Crippen molar-refractivity contribution < 1.29 is 14.3 Å². The van der Waals surface area contributed by atoms with Gasteiger partial charge in [-0.05, 0) is 62.3 Å². The number of nitrogens with zero attached hydrogens (tertiary/aromatic N) is 4. The number of rotatable bonds is 8. The molecule has 1 aromatic heterocycles. The highest BCUT2D eigenvalue weighted by atomic mass is 19.1. The lowest BCUT2D eigenvalue weighted by Gasteiger charge is -2.41. The zero-order valence-electron chi connectivity index (χ0n) is 22.6. The number of halogens is 1. The molecule has 4 heterocycles. The Hall–Kier alpha value is -3.23. The molecule has 2 N–H and O–H groups in total. The molecule has 8 heteroatoms. The normalized spacial score (nSPS) is 23.9. The third kappa shape index (κ3) is 5.58. The third-order valence-corrected chi connectivity index (χ3v) is 9.01. The molecule has 39 heavy (non-hydrogen) atoms. The SMILES string of the molecule is Cc1nc2c(n1C1CC3CCC(C1)N3CC[C@H](NC(=O)O)c1cccc(F)c1)CN(Cc1ccccc1)CC2. The first-order valence-corrected chi connectivity index (χ1v) is 14.3. The number of carboxylic acid groups (broad SMARTS) is 1. The van der Waals surface area contributed by atoms with E-state index in [4.69, 9.17) is 4.98 Å². The summed E-state index contributed by atoms with van der Waals surface area (Å²) < 4.78 is 16.4. The lowest BCUT2D eigenvalue weighted by Crippen LogP contribution is -2.45. The number of aryl methyl sites for hydroxylation is 1. The second kappa shape index (κ2) is 11.1. The van der Waals surface area contributed by atoms with Crippen LogP contribution in [0, 0.1) is 12.7 Å². The summed E-state index contributed by atoms with van der Waals surface area (Å²) in [6.45, 7) is 5.91. The standard InChI is InChI=1S/C31H38FN5O2/c1-21-33-29-12-14-35(19-22-6-3-2-4-7-22)20-30(29)37(21)27-17-25-10-11-26(18-27)36(25)15-13-28(34-31(38)39)23-8-5-9-24(32)16-23/h2-9,16,25-28,34H,10-15,17-20H2,1H3,(H,38,39)/t25?,26?,27?,28-/m0/s1. The van der Waals surface area contributed by atoms with Crippen molar-refractivity contribution in [3.63, 3.8) is 0 Å². The van der Waals surface area contributed by atoms with Gasteiger partial charge in [0.05, 0.1) is 17.4 Å². The smallest absolute Gasteiger partial charge is 0.405 e. The molecular formula is C31H38FN5O2. The van der Waals surface area contributed by atoms with E-state index >= 15 is 0 Å². The van der Waals surface area contributed by atoms with E-state index in [1.165, 1.54) is 41.9 Å². The first-order chi connectivity index (χ1) is 18.9. The number of imidazole rings is 1. The van der Waals surface area contributed by atoms with Gasteiger partial charge in [0.15, 0.2) is 0 Å². The van der Waals surface area contributed by atoms with Crippen LogP contribution in [0.25, 0.3) is 0 Å².